The van der Waals surface area contributed by atoms with Crippen LogP contribution in [-0.2, 0) is 4.79 Å². The highest BCUT2D eigenvalue weighted by Crippen LogP contribution is 2.55. The first-order valence-corrected chi connectivity index (χ1v) is 9.04. The Balaban J connectivity index is 1.52. The van der Waals surface area contributed by atoms with Crippen LogP contribution in [0.25, 0.3) is 0 Å². The van der Waals surface area contributed by atoms with E-state index >= 15 is 0 Å². The number of carbonyl (C=O) groups is 1. The Kier molecular flexibility index (Phi) is 3.51. The fourth-order valence-corrected chi connectivity index (χ4v) is 5.87. The van der Waals surface area contributed by atoms with Crippen molar-refractivity contribution in [2.24, 2.45) is 17.8 Å². The summed E-state index contributed by atoms with van der Waals surface area (Å²) in [7, 11) is 0. The lowest BCUT2D eigenvalue weighted by Gasteiger charge is -2.57. The molecule has 1 aromatic rings. The number of hydrogen-bond donors (Lipinski definition) is 1. The zero-order chi connectivity index (χ0) is 15.2. The number of rotatable bonds is 4. The molecule has 1 N–H and O–H groups in total. The highest BCUT2D eigenvalue weighted by molar-refractivity contribution is 5.84. The molecule has 118 valence electrons. The predicted octanol–water partition coefficient (Wildman–Crippen LogP) is 4.27. The highest BCUT2D eigenvalue weighted by atomic mass is 16.2. The van der Waals surface area contributed by atoms with Crippen LogP contribution in [0.4, 0.5) is 0 Å². The number of hydrogen-bond acceptors (Lipinski definition) is 1. The molecule has 0 spiro atoms. The number of carbonyl (C=O) groups excluding carboxylic acids is 1. The van der Waals surface area contributed by atoms with E-state index in [0.717, 1.165) is 29.7 Å². The molecule has 2 nitrogen and oxygen atoms in total. The molecule has 0 aromatic heterocycles. The summed E-state index contributed by atoms with van der Waals surface area (Å²) < 4.78 is 0. The molecule has 4 bridgehead atoms. The molecule has 5 rings (SSSR count). The Morgan fingerprint density at radius 2 is 1.64 bits per heavy atom. The third-order valence-electron chi connectivity index (χ3n) is 6.35. The van der Waals surface area contributed by atoms with E-state index in [-0.39, 0.29) is 17.4 Å². The second-order valence-electron chi connectivity index (χ2n) is 8.06. The largest absolute Gasteiger partial charge is 0.350 e. The normalized spacial score (nSPS) is 37.0. The molecule has 4 saturated carbocycles. The predicted molar refractivity (Wildman–Crippen MR) is 88.5 cm³/mol. The maximum atomic E-state index is 12.9. The summed E-state index contributed by atoms with van der Waals surface area (Å²) in [5, 5.41) is 3.54. The van der Waals surface area contributed by atoms with Crippen molar-refractivity contribution in [3.8, 4) is 0 Å². The molecule has 0 heterocycles. The van der Waals surface area contributed by atoms with Gasteiger partial charge in [0.1, 0.15) is 0 Å². The lowest BCUT2D eigenvalue weighted by Crippen LogP contribution is -2.60. The summed E-state index contributed by atoms with van der Waals surface area (Å²) >= 11 is 0. The molecule has 1 atom stereocenters. The van der Waals surface area contributed by atoms with Crippen molar-refractivity contribution in [3.05, 3.63) is 35.9 Å². The van der Waals surface area contributed by atoms with Crippen LogP contribution in [0.1, 0.15) is 63.4 Å². The Bertz CT molecular complexity index is 515. The topological polar surface area (TPSA) is 29.1 Å². The van der Waals surface area contributed by atoms with E-state index in [9.17, 15) is 4.79 Å². The first-order valence-electron chi connectivity index (χ1n) is 9.04. The van der Waals surface area contributed by atoms with Crippen molar-refractivity contribution in [1.82, 2.24) is 5.32 Å². The molecular formula is C20H27NO. The third kappa shape index (κ3) is 2.47. The molecule has 22 heavy (non-hydrogen) atoms. The van der Waals surface area contributed by atoms with Crippen molar-refractivity contribution in [2.75, 3.05) is 0 Å². The monoisotopic (exact) mass is 297 g/mol. The Hall–Kier alpha value is -1.31. The van der Waals surface area contributed by atoms with Gasteiger partial charge >= 0.3 is 0 Å². The second-order valence-corrected chi connectivity index (χ2v) is 8.06. The summed E-state index contributed by atoms with van der Waals surface area (Å²) in [5.74, 6) is 2.90. The number of nitrogens with one attached hydrogen (secondary N) is 1. The quantitative estimate of drug-likeness (QED) is 0.883. The van der Waals surface area contributed by atoms with Crippen molar-refractivity contribution in [2.45, 2.75) is 63.3 Å². The molecule has 0 saturated heterocycles. The van der Waals surface area contributed by atoms with Crippen molar-refractivity contribution < 1.29 is 4.79 Å². The standard InChI is InChI=1S/C20H27NO/c1-2-18(17-6-4-3-5-7-17)19(22)21-20-11-14-8-15(12-20)10-16(9-14)13-20/h3-7,14-16,18H,2,8-13H2,1H3,(H,21,22). The lowest BCUT2D eigenvalue weighted by atomic mass is 9.53. The van der Waals surface area contributed by atoms with E-state index in [4.69, 9.17) is 0 Å². The van der Waals surface area contributed by atoms with Gasteiger partial charge in [-0.05, 0) is 68.3 Å². The molecule has 0 aliphatic heterocycles. The van der Waals surface area contributed by atoms with Crippen molar-refractivity contribution >= 4 is 5.91 Å². The molecule has 0 radical (unpaired) electrons. The van der Waals surface area contributed by atoms with E-state index in [1.165, 1.54) is 38.5 Å². The van der Waals surface area contributed by atoms with Crippen LogP contribution in [0, 0.1) is 17.8 Å². The maximum absolute atomic E-state index is 12.9. The summed E-state index contributed by atoms with van der Waals surface area (Å²) in [6.45, 7) is 2.12. The summed E-state index contributed by atoms with van der Waals surface area (Å²) in [5.41, 5.74) is 1.29. The number of amides is 1. The van der Waals surface area contributed by atoms with Gasteiger partial charge in [-0.25, -0.2) is 0 Å². The van der Waals surface area contributed by atoms with Gasteiger partial charge in [0, 0.05) is 5.54 Å². The van der Waals surface area contributed by atoms with Crippen LogP contribution in [-0.4, -0.2) is 11.4 Å². The maximum Gasteiger partial charge on any atom is 0.227 e. The van der Waals surface area contributed by atoms with Crippen molar-refractivity contribution in [3.63, 3.8) is 0 Å². The van der Waals surface area contributed by atoms with Gasteiger partial charge in [0.2, 0.25) is 5.91 Å². The fraction of sp³-hybridized carbons (Fsp3) is 0.650. The lowest BCUT2D eigenvalue weighted by molar-refractivity contribution is -0.128. The molecule has 4 aliphatic carbocycles. The van der Waals surface area contributed by atoms with Gasteiger partial charge in [0.15, 0.2) is 0 Å². The van der Waals surface area contributed by atoms with Gasteiger partial charge in [-0.2, -0.15) is 0 Å². The summed E-state index contributed by atoms with van der Waals surface area (Å²) in [4.78, 5) is 12.9. The second kappa shape index (κ2) is 5.40. The Labute approximate surface area is 133 Å². The minimum absolute atomic E-state index is 0.00852. The molecule has 1 amide bonds. The highest BCUT2D eigenvalue weighted by Gasteiger charge is 2.51. The zero-order valence-corrected chi connectivity index (χ0v) is 13.6. The Morgan fingerprint density at radius 1 is 1.09 bits per heavy atom. The van der Waals surface area contributed by atoms with E-state index < -0.39 is 0 Å². The molecule has 4 aliphatic rings. The van der Waals surface area contributed by atoms with Gasteiger partial charge in [0.05, 0.1) is 5.92 Å². The minimum atomic E-state index is 0.00852. The van der Waals surface area contributed by atoms with E-state index in [2.05, 4.69) is 24.4 Å². The van der Waals surface area contributed by atoms with Gasteiger partial charge in [-0.1, -0.05) is 37.3 Å². The van der Waals surface area contributed by atoms with Crippen LogP contribution in [0.3, 0.4) is 0 Å². The van der Waals surface area contributed by atoms with Crippen LogP contribution < -0.4 is 5.32 Å². The average molecular weight is 297 g/mol. The van der Waals surface area contributed by atoms with Crippen LogP contribution in [0.5, 0.6) is 0 Å². The SMILES string of the molecule is CCC(C(=O)NC12CC3CC(CC(C3)C1)C2)c1ccccc1. The van der Waals surface area contributed by atoms with E-state index in [1.54, 1.807) is 0 Å². The minimum Gasteiger partial charge on any atom is -0.350 e. The first-order chi connectivity index (χ1) is 10.7. The van der Waals surface area contributed by atoms with Gasteiger partial charge in [-0.15, -0.1) is 0 Å². The molecular weight excluding hydrogens is 270 g/mol. The summed E-state index contributed by atoms with van der Waals surface area (Å²) in [6.07, 6.45) is 8.84. The zero-order valence-electron chi connectivity index (χ0n) is 13.6. The molecule has 4 fully saturated rings. The first kappa shape index (κ1) is 14.3. The van der Waals surface area contributed by atoms with Crippen LogP contribution in [0.2, 0.25) is 0 Å². The number of benzene rings is 1. The molecule has 1 aromatic carbocycles. The van der Waals surface area contributed by atoms with Crippen LogP contribution >= 0.6 is 0 Å². The molecule has 2 heteroatoms. The smallest absolute Gasteiger partial charge is 0.227 e. The van der Waals surface area contributed by atoms with Crippen LogP contribution in [0.15, 0.2) is 30.3 Å². The van der Waals surface area contributed by atoms with Gasteiger partial charge in [0.25, 0.3) is 0 Å². The average Bonchev–Trinajstić information content (AvgIpc) is 2.47. The van der Waals surface area contributed by atoms with Gasteiger partial charge in [-0.3, -0.25) is 4.79 Å². The van der Waals surface area contributed by atoms with Crippen molar-refractivity contribution in [1.29, 1.82) is 0 Å². The summed E-state index contributed by atoms with van der Waals surface area (Å²) in [6, 6.07) is 10.3. The van der Waals surface area contributed by atoms with Gasteiger partial charge < -0.3 is 5.32 Å². The Morgan fingerprint density at radius 3 is 2.14 bits per heavy atom. The van der Waals surface area contributed by atoms with E-state index in [0.29, 0.717) is 0 Å². The van der Waals surface area contributed by atoms with E-state index in [1.807, 2.05) is 18.2 Å². The third-order valence-corrected chi connectivity index (χ3v) is 6.35. The molecule has 1 unspecified atom stereocenters. The fourth-order valence-electron chi connectivity index (χ4n) is 5.87.